The molecule has 0 saturated carbocycles. The molecular formula is C30H33N5O3. The quantitative estimate of drug-likeness (QED) is 0.175. The number of carbonyl (C=O) groups excluding carboxylic acids is 1. The Morgan fingerprint density at radius 1 is 0.789 bits per heavy atom. The van der Waals surface area contributed by atoms with Crippen molar-refractivity contribution >= 4 is 34.7 Å². The van der Waals surface area contributed by atoms with Gasteiger partial charge in [0.25, 0.3) is 5.91 Å². The van der Waals surface area contributed by atoms with Crippen LogP contribution in [0.5, 0.6) is 11.5 Å². The lowest BCUT2D eigenvalue weighted by Crippen LogP contribution is -2.11. The average molecular weight is 512 g/mol. The van der Waals surface area contributed by atoms with Gasteiger partial charge >= 0.3 is 0 Å². The van der Waals surface area contributed by atoms with E-state index >= 15 is 0 Å². The number of hydrogen-bond acceptors (Lipinski definition) is 7. The molecule has 1 amide bonds. The molecule has 0 saturated heterocycles. The van der Waals surface area contributed by atoms with Crippen LogP contribution in [0.1, 0.15) is 42.2 Å². The van der Waals surface area contributed by atoms with E-state index in [4.69, 9.17) is 9.47 Å². The minimum absolute atomic E-state index is 0.181. The molecule has 0 unspecified atom stereocenters. The van der Waals surface area contributed by atoms with E-state index < -0.39 is 0 Å². The number of carbonyl (C=O) groups is 1. The molecule has 4 aromatic rings. The second-order valence-electron chi connectivity index (χ2n) is 8.81. The van der Waals surface area contributed by atoms with Crippen LogP contribution in [0.4, 0.5) is 28.8 Å². The Bertz CT molecular complexity index is 1320. The summed E-state index contributed by atoms with van der Waals surface area (Å²) in [4.78, 5) is 21.7. The summed E-state index contributed by atoms with van der Waals surface area (Å²) in [6.45, 7) is 4.76. The highest BCUT2D eigenvalue weighted by molar-refractivity contribution is 6.04. The van der Waals surface area contributed by atoms with E-state index in [2.05, 4.69) is 32.8 Å². The summed E-state index contributed by atoms with van der Waals surface area (Å²) in [5.74, 6) is 2.52. The monoisotopic (exact) mass is 511 g/mol. The maximum Gasteiger partial charge on any atom is 0.255 e. The van der Waals surface area contributed by atoms with E-state index in [0.717, 1.165) is 47.8 Å². The zero-order chi connectivity index (χ0) is 26.7. The van der Waals surface area contributed by atoms with E-state index in [1.165, 1.54) is 0 Å². The van der Waals surface area contributed by atoms with Crippen molar-refractivity contribution in [2.75, 3.05) is 29.7 Å². The van der Waals surface area contributed by atoms with Crippen LogP contribution in [0.25, 0.3) is 0 Å². The summed E-state index contributed by atoms with van der Waals surface area (Å²) < 4.78 is 10.9. The van der Waals surface area contributed by atoms with Gasteiger partial charge in [-0.3, -0.25) is 4.79 Å². The highest BCUT2D eigenvalue weighted by atomic mass is 16.5. The number of benzene rings is 3. The summed E-state index contributed by atoms with van der Waals surface area (Å²) in [5.41, 5.74) is 3.77. The van der Waals surface area contributed by atoms with Gasteiger partial charge in [-0.1, -0.05) is 19.8 Å². The number of ether oxygens (including phenoxy) is 2. The molecule has 0 spiro atoms. The fourth-order valence-corrected chi connectivity index (χ4v) is 3.72. The third-order valence-electron chi connectivity index (χ3n) is 5.75. The van der Waals surface area contributed by atoms with Crippen LogP contribution in [0.15, 0.2) is 78.9 Å². The van der Waals surface area contributed by atoms with Crippen LogP contribution in [0, 0.1) is 6.92 Å². The molecule has 0 bridgehead atoms. The first kappa shape index (κ1) is 26.5. The van der Waals surface area contributed by atoms with Gasteiger partial charge in [0.2, 0.25) is 5.95 Å². The number of methoxy groups -OCH3 is 1. The summed E-state index contributed by atoms with van der Waals surface area (Å²) in [6, 6.07) is 24.1. The molecule has 196 valence electrons. The minimum atomic E-state index is -0.181. The first-order valence-corrected chi connectivity index (χ1v) is 12.7. The predicted molar refractivity (Wildman–Crippen MR) is 152 cm³/mol. The van der Waals surface area contributed by atoms with Crippen LogP contribution >= 0.6 is 0 Å². The van der Waals surface area contributed by atoms with Crippen molar-refractivity contribution in [1.82, 2.24) is 9.97 Å². The van der Waals surface area contributed by atoms with Crippen molar-refractivity contribution in [1.29, 1.82) is 0 Å². The van der Waals surface area contributed by atoms with E-state index in [9.17, 15) is 4.79 Å². The van der Waals surface area contributed by atoms with Crippen LogP contribution in [-0.2, 0) is 0 Å². The van der Waals surface area contributed by atoms with E-state index in [1.54, 1.807) is 19.2 Å². The summed E-state index contributed by atoms with van der Waals surface area (Å²) >= 11 is 0. The zero-order valence-corrected chi connectivity index (χ0v) is 22.0. The lowest BCUT2D eigenvalue weighted by atomic mass is 10.2. The predicted octanol–water partition coefficient (Wildman–Crippen LogP) is 7.10. The standard InChI is InChI=1S/C30H33N5O3/c1-4-5-6-19-38-27-15-7-22(8-16-27)29(36)33-24-9-11-25(12-10-24)34-30-31-21(2)20-28(35-30)32-23-13-17-26(37-3)18-14-23/h7-18,20H,4-6,19H2,1-3H3,(H,33,36)(H2,31,32,34,35). The molecule has 0 aliphatic rings. The molecule has 0 aliphatic heterocycles. The van der Waals surface area contributed by atoms with Crippen LogP contribution in [0.3, 0.4) is 0 Å². The fraction of sp³-hybridized carbons (Fsp3) is 0.233. The van der Waals surface area contributed by atoms with Gasteiger partial charge in [0.05, 0.1) is 13.7 Å². The zero-order valence-electron chi connectivity index (χ0n) is 22.0. The van der Waals surface area contributed by atoms with Gasteiger partial charge in [0.15, 0.2) is 0 Å². The molecule has 1 heterocycles. The lowest BCUT2D eigenvalue weighted by Gasteiger charge is -2.11. The van der Waals surface area contributed by atoms with Gasteiger partial charge in [-0.25, -0.2) is 4.98 Å². The van der Waals surface area contributed by atoms with Crippen LogP contribution in [-0.4, -0.2) is 29.6 Å². The molecule has 0 atom stereocenters. The molecule has 8 nitrogen and oxygen atoms in total. The van der Waals surface area contributed by atoms with Gasteiger partial charge in [-0.05, 0) is 86.1 Å². The number of unbranched alkanes of at least 4 members (excludes halogenated alkanes) is 2. The number of aryl methyl sites for hydroxylation is 1. The van der Waals surface area contributed by atoms with Crippen LogP contribution in [0.2, 0.25) is 0 Å². The van der Waals surface area contributed by atoms with Crippen molar-refractivity contribution in [2.45, 2.75) is 33.1 Å². The maximum atomic E-state index is 12.7. The number of aromatic nitrogens is 2. The Balaban J connectivity index is 1.33. The minimum Gasteiger partial charge on any atom is -0.497 e. The number of hydrogen-bond donors (Lipinski definition) is 3. The van der Waals surface area contributed by atoms with Crippen molar-refractivity contribution in [2.24, 2.45) is 0 Å². The van der Waals surface area contributed by atoms with E-state index in [-0.39, 0.29) is 5.91 Å². The van der Waals surface area contributed by atoms with Gasteiger partial charge in [0, 0.05) is 34.4 Å². The largest absolute Gasteiger partial charge is 0.497 e. The maximum absolute atomic E-state index is 12.7. The molecule has 4 rings (SSSR count). The Morgan fingerprint density at radius 2 is 1.42 bits per heavy atom. The number of rotatable bonds is 12. The van der Waals surface area contributed by atoms with E-state index in [1.807, 2.05) is 73.7 Å². The molecule has 38 heavy (non-hydrogen) atoms. The summed E-state index contributed by atoms with van der Waals surface area (Å²) in [5, 5.41) is 9.43. The molecule has 0 radical (unpaired) electrons. The van der Waals surface area contributed by atoms with Gasteiger partial charge in [-0.15, -0.1) is 0 Å². The Hall–Kier alpha value is -4.59. The van der Waals surface area contributed by atoms with Crippen molar-refractivity contribution in [3.8, 4) is 11.5 Å². The van der Waals surface area contributed by atoms with E-state index in [0.29, 0.717) is 29.6 Å². The van der Waals surface area contributed by atoms with Crippen molar-refractivity contribution in [3.05, 3.63) is 90.1 Å². The normalized spacial score (nSPS) is 10.5. The number of nitrogens with one attached hydrogen (secondary N) is 3. The van der Waals surface area contributed by atoms with Gasteiger partial charge in [-0.2, -0.15) is 4.98 Å². The third-order valence-corrected chi connectivity index (χ3v) is 5.75. The molecule has 1 aromatic heterocycles. The van der Waals surface area contributed by atoms with Crippen molar-refractivity contribution < 1.29 is 14.3 Å². The second kappa shape index (κ2) is 13.1. The van der Waals surface area contributed by atoms with Gasteiger partial charge in [0.1, 0.15) is 17.3 Å². The Labute approximate surface area is 223 Å². The van der Waals surface area contributed by atoms with Crippen molar-refractivity contribution in [3.63, 3.8) is 0 Å². The number of amides is 1. The molecule has 0 aliphatic carbocycles. The summed E-state index contributed by atoms with van der Waals surface area (Å²) in [7, 11) is 1.64. The fourth-order valence-electron chi connectivity index (χ4n) is 3.72. The molecule has 3 aromatic carbocycles. The highest BCUT2D eigenvalue weighted by Crippen LogP contribution is 2.22. The second-order valence-corrected chi connectivity index (χ2v) is 8.81. The number of anilines is 5. The average Bonchev–Trinajstić information content (AvgIpc) is 2.92. The molecule has 0 fully saturated rings. The topological polar surface area (TPSA) is 97.4 Å². The smallest absolute Gasteiger partial charge is 0.255 e. The molecule has 3 N–H and O–H groups in total. The molecular weight excluding hydrogens is 478 g/mol. The summed E-state index contributed by atoms with van der Waals surface area (Å²) in [6.07, 6.45) is 3.33. The third kappa shape index (κ3) is 7.70. The van der Waals surface area contributed by atoms with Gasteiger partial charge < -0.3 is 25.4 Å². The van der Waals surface area contributed by atoms with Crippen LogP contribution < -0.4 is 25.4 Å². The SMILES string of the molecule is CCCCCOc1ccc(C(=O)Nc2ccc(Nc3nc(C)cc(Nc4ccc(OC)cc4)n3)cc2)cc1. The lowest BCUT2D eigenvalue weighted by molar-refractivity contribution is 0.102. The Morgan fingerprint density at radius 3 is 2.11 bits per heavy atom. The highest BCUT2D eigenvalue weighted by Gasteiger charge is 2.08. The Kier molecular flexibility index (Phi) is 9.12. The first-order valence-electron chi connectivity index (χ1n) is 12.7. The number of nitrogens with zero attached hydrogens (tertiary/aromatic N) is 2. The molecule has 8 heteroatoms. The first-order chi connectivity index (χ1) is 18.5.